The maximum atomic E-state index is 13.0. The van der Waals surface area contributed by atoms with Crippen LogP contribution in [0.3, 0.4) is 0 Å². The van der Waals surface area contributed by atoms with Crippen molar-refractivity contribution in [1.82, 2.24) is 5.32 Å². The molecule has 21 heavy (non-hydrogen) atoms. The lowest BCUT2D eigenvalue weighted by atomic mass is 10.1. The fourth-order valence-corrected chi connectivity index (χ4v) is 1.96. The van der Waals surface area contributed by atoms with E-state index >= 15 is 0 Å². The number of hydrogen-bond donors (Lipinski definition) is 2. The van der Waals surface area contributed by atoms with Gasteiger partial charge in [0.2, 0.25) is 5.91 Å². The quantitative estimate of drug-likeness (QED) is 0.766. The minimum absolute atomic E-state index is 0.306. The highest BCUT2D eigenvalue weighted by atomic mass is 19.1. The number of nitrogens with two attached hydrogens (primary N) is 1. The van der Waals surface area contributed by atoms with Crippen LogP contribution in [0.1, 0.15) is 11.6 Å². The smallest absolute Gasteiger partial charge is 0.239 e. The molecule has 1 atom stereocenters. The summed E-state index contributed by atoms with van der Waals surface area (Å²) in [5.74, 6) is -0.348. The van der Waals surface area contributed by atoms with Crippen LogP contribution in [0, 0.1) is 5.82 Å². The van der Waals surface area contributed by atoms with E-state index in [0.717, 1.165) is 5.56 Å². The summed E-state index contributed by atoms with van der Waals surface area (Å²) in [5, 5.41) is 3.03. The number of carbonyl (C=O) groups is 1. The zero-order valence-electron chi connectivity index (χ0n) is 11.5. The van der Waals surface area contributed by atoms with Gasteiger partial charge in [0.25, 0.3) is 0 Å². The van der Waals surface area contributed by atoms with Crippen LogP contribution < -0.4 is 15.8 Å². The number of benzene rings is 2. The van der Waals surface area contributed by atoms with Crippen molar-refractivity contribution in [3.8, 4) is 5.75 Å². The van der Waals surface area contributed by atoms with Gasteiger partial charge >= 0.3 is 0 Å². The first-order valence-corrected chi connectivity index (χ1v) is 6.63. The van der Waals surface area contributed by atoms with Gasteiger partial charge in [-0.25, -0.2) is 4.39 Å². The molecule has 0 saturated carbocycles. The van der Waals surface area contributed by atoms with Crippen LogP contribution in [0.25, 0.3) is 0 Å². The summed E-state index contributed by atoms with van der Waals surface area (Å²) >= 11 is 0. The predicted octanol–water partition coefficient (Wildman–Crippen LogP) is 2.02. The predicted molar refractivity (Wildman–Crippen MR) is 78.3 cm³/mol. The Morgan fingerprint density at radius 1 is 1.19 bits per heavy atom. The Morgan fingerprint density at radius 3 is 2.62 bits per heavy atom. The Morgan fingerprint density at radius 2 is 1.95 bits per heavy atom. The van der Waals surface area contributed by atoms with Crippen LogP contribution in [0.5, 0.6) is 5.75 Å². The van der Waals surface area contributed by atoms with Crippen LogP contribution >= 0.6 is 0 Å². The first-order chi connectivity index (χ1) is 10.2. The van der Waals surface area contributed by atoms with E-state index in [1.54, 1.807) is 12.1 Å². The maximum Gasteiger partial charge on any atom is 0.239 e. The molecule has 0 heterocycles. The summed E-state index contributed by atoms with van der Waals surface area (Å²) in [7, 11) is 0. The third-order valence-corrected chi connectivity index (χ3v) is 2.93. The van der Waals surface area contributed by atoms with Crippen LogP contribution in [-0.2, 0) is 4.79 Å². The lowest BCUT2D eigenvalue weighted by molar-refractivity contribution is -0.120. The van der Waals surface area contributed by atoms with E-state index in [4.69, 9.17) is 10.5 Å². The summed E-state index contributed by atoms with van der Waals surface area (Å²) in [6.45, 7) is 0.721. The van der Waals surface area contributed by atoms with Crippen molar-refractivity contribution in [1.29, 1.82) is 0 Å². The van der Waals surface area contributed by atoms with E-state index in [9.17, 15) is 9.18 Å². The van der Waals surface area contributed by atoms with Crippen LogP contribution in [-0.4, -0.2) is 19.1 Å². The lowest BCUT2D eigenvalue weighted by Gasteiger charge is -2.16. The molecular formula is C16H17FN2O2. The number of carbonyl (C=O) groups excluding carboxylic acids is 1. The second-order valence-electron chi connectivity index (χ2n) is 4.51. The van der Waals surface area contributed by atoms with Crippen LogP contribution in [0.4, 0.5) is 4.39 Å². The minimum Gasteiger partial charge on any atom is -0.492 e. The van der Waals surface area contributed by atoms with E-state index < -0.39 is 11.9 Å². The zero-order valence-corrected chi connectivity index (χ0v) is 11.5. The molecule has 1 amide bonds. The molecule has 2 aromatic carbocycles. The molecule has 4 nitrogen and oxygen atoms in total. The Kier molecular flexibility index (Phi) is 5.29. The molecule has 2 rings (SSSR count). The Balaban J connectivity index is 1.85. The molecular weight excluding hydrogens is 271 g/mol. The first-order valence-electron chi connectivity index (χ1n) is 6.63. The Bertz CT molecular complexity index is 590. The van der Waals surface area contributed by atoms with Crippen molar-refractivity contribution >= 4 is 5.91 Å². The molecule has 2 aromatic rings. The van der Waals surface area contributed by atoms with Gasteiger partial charge < -0.3 is 10.5 Å². The Labute approximate surface area is 122 Å². The standard InChI is InChI=1S/C16H17FN2O2/c17-13-7-4-8-14(11-13)21-10-9-19-15(16(18)20)12-5-2-1-3-6-12/h1-8,11,15,19H,9-10H2,(H2,18,20). The molecule has 0 spiro atoms. The highest BCUT2D eigenvalue weighted by molar-refractivity contribution is 5.81. The maximum absolute atomic E-state index is 13.0. The number of rotatable bonds is 7. The summed E-state index contributed by atoms with van der Waals surface area (Å²) in [5.41, 5.74) is 6.19. The number of hydrogen-bond acceptors (Lipinski definition) is 3. The summed E-state index contributed by atoms with van der Waals surface area (Å²) in [6, 6.07) is 14.6. The molecule has 0 aliphatic rings. The van der Waals surface area contributed by atoms with Crippen molar-refractivity contribution in [2.24, 2.45) is 5.73 Å². The zero-order chi connectivity index (χ0) is 15.1. The Hall–Kier alpha value is -2.40. The van der Waals surface area contributed by atoms with Crippen molar-refractivity contribution in [3.63, 3.8) is 0 Å². The largest absolute Gasteiger partial charge is 0.492 e. The second-order valence-corrected chi connectivity index (χ2v) is 4.51. The molecule has 110 valence electrons. The number of halogens is 1. The van der Waals surface area contributed by atoms with Crippen molar-refractivity contribution in [3.05, 3.63) is 66.0 Å². The average molecular weight is 288 g/mol. The van der Waals surface area contributed by atoms with Crippen molar-refractivity contribution in [2.75, 3.05) is 13.2 Å². The third kappa shape index (κ3) is 4.57. The minimum atomic E-state index is -0.567. The third-order valence-electron chi connectivity index (χ3n) is 2.93. The first kappa shape index (κ1) is 15.0. The van der Waals surface area contributed by atoms with E-state index in [2.05, 4.69) is 5.32 Å². The van der Waals surface area contributed by atoms with Crippen LogP contribution in [0.15, 0.2) is 54.6 Å². The van der Waals surface area contributed by atoms with Crippen LogP contribution in [0.2, 0.25) is 0 Å². The number of nitrogens with one attached hydrogen (secondary N) is 1. The highest BCUT2D eigenvalue weighted by Crippen LogP contribution is 2.13. The van der Waals surface area contributed by atoms with Gasteiger partial charge in [-0.15, -0.1) is 0 Å². The molecule has 0 aromatic heterocycles. The lowest BCUT2D eigenvalue weighted by Crippen LogP contribution is -2.35. The van der Waals surface area contributed by atoms with Gasteiger partial charge in [-0.2, -0.15) is 0 Å². The van der Waals surface area contributed by atoms with Gasteiger partial charge in [0, 0.05) is 12.6 Å². The van der Waals surface area contributed by atoms with Gasteiger partial charge in [-0.05, 0) is 17.7 Å². The number of amides is 1. The van der Waals surface area contributed by atoms with Gasteiger partial charge in [0.05, 0.1) is 0 Å². The molecule has 1 unspecified atom stereocenters. The van der Waals surface area contributed by atoms with E-state index in [-0.39, 0.29) is 5.82 Å². The summed E-state index contributed by atoms with van der Waals surface area (Å²) in [4.78, 5) is 11.5. The van der Waals surface area contributed by atoms with Gasteiger partial charge in [0.1, 0.15) is 24.2 Å². The molecule has 0 radical (unpaired) electrons. The monoisotopic (exact) mass is 288 g/mol. The molecule has 3 N–H and O–H groups in total. The molecule has 0 aliphatic heterocycles. The SMILES string of the molecule is NC(=O)C(NCCOc1cccc(F)c1)c1ccccc1. The number of primary amides is 1. The highest BCUT2D eigenvalue weighted by Gasteiger charge is 2.16. The normalized spacial score (nSPS) is 11.9. The molecule has 0 bridgehead atoms. The second kappa shape index (κ2) is 7.40. The van der Waals surface area contributed by atoms with E-state index in [0.29, 0.717) is 18.9 Å². The molecule has 0 fully saturated rings. The van der Waals surface area contributed by atoms with Gasteiger partial charge in [0.15, 0.2) is 0 Å². The number of ether oxygens (including phenoxy) is 1. The van der Waals surface area contributed by atoms with Gasteiger partial charge in [-0.1, -0.05) is 36.4 Å². The molecule has 0 saturated heterocycles. The van der Waals surface area contributed by atoms with E-state index in [1.807, 2.05) is 30.3 Å². The molecule has 0 aliphatic carbocycles. The molecule has 5 heteroatoms. The van der Waals surface area contributed by atoms with Crippen molar-refractivity contribution < 1.29 is 13.9 Å². The fourth-order valence-electron chi connectivity index (χ4n) is 1.96. The summed E-state index contributed by atoms with van der Waals surface area (Å²) in [6.07, 6.45) is 0. The van der Waals surface area contributed by atoms with Crippen molar-refractivity contribution in [2.45, 2.75) is 6.04 Å². The summed E-state index contributed by atoms with van der Waals surface area (Å²) < 4.78 is 18.4. The van der Waals surface area contributed by atoms with Gasteiger partial charge in [-0.3, -0.25) is 10.1 Å². The topological polar surface area (TPSA) is 64.4 Å². The fraction of sp³-hybridized carbons (Fsp3) is 0.188. The average Bonchev–Trinajstić information content (AvgIpc) is 2.48. The van der Waals surface area contributed by atoms with E-state index in [1.165, 1.54) is 12.1 Å².